The predicted molar refractivity (Wildman–Crippen MR) is 175 cm³/mol. The number of anilines is 2. The highest BCUT2D eigenvalue weighted by Gasteiger charge is 2.49. The number of halogens is 4. The SMILES string of the molecule is COC(=O)C1CCCCN(c2nc(OC[C@@]34CCCN3C[C@H](F)C4)nc3c(F)c(-c4ccc(F)c5sc(N)c(C#N)c45)c(Cl)cc23)C1. The highest BCUT2D eigenvalue weighted by atomic mass is 35.5. The van der Waals surface area contributed by atoms with Gasteiger partial charge in [0.25, 0.3) is 0 Å². The number of ether oxygens (including phenoxy) is 2. The smallest absolute Gasteiger partial charge is 0.319 e. The minimum Gasteiger partial charge on any atom is -0.469 e. The largest absolute Gasteiger partial charge is 0.469 e. The molecule has 4 aromatic rings. The molecule has 0 saturated carbocycles. The Bertz CT molecular complexity index is 1950. The van der Waals surface area contributed by atoms with E-state index in [0.29, 0.717) is 37.1 Å². The summed E-state index contributed by atoms with van der Waals surface area (Å²) < 4.78 is 57.7. The zero-order valence-electron chi connectivity index (χ0n) is 25.6. The van der Waals surface area contributed by atoms with Gasteiger partial charge in [-0.1, -0.05) is 24.1 Å². The minimum atomic E-state index is -0.960. The summed E-state index contributed by atoms with van der Waals surface area (Å²) >= 11 is 7.73. The second-order valence-electron chi connectivity index (χ2n) is 12.6. The van der Waals surface area contributed by atoms with Crippen molar-refractivity contribution >= 4 is 60.7 Å². The molecule has 9 nitrogen and oxygen atoms in total. The predicted octanol–water partition coefficient (Wildman–Crippen LogP) is 6.63. The number of nitriles is 1. The fourth-order valence-corrected chi connectivity index (χ4v) is 8.81. The Hall–Kier alpha value is -3.86. The molecule has 3 aliphatic rings. The Kier molecular flexibility index (Phi) is 8.30. The number of rotatable bonds is 6. The van der Waals surface area contributed by atoms with Crippen LogP contribution >= 0.6 is 22.9 Å². The van der Waals surface area contributed by atoms with Crippen LogP contribution in [0.5, 0.6) is 6.01 Å². The highest BCUT2D eigenvalue weighted by molar-refractivity contribution is 7.23. The van der Waals surface area contributed by atoms with Crippen molar-refractivity contribution in [3.63, 3.8) is 0 Å². The zero-order chi connectivity index (χ0) is 33.0. The number of nitrogens with zero attached hydrogens (tertiary/aromatic N) is 5. The van der Waals surface area contributed by atoms with Gasteiger partial charge >= 0.3 is 12.0 Å². The van der Waals surface area contributed by atoms with Crippen molar-refractivity contribution in [2.75, 3.05) is 50.5 Å². The summed E-state index contributed by atoms with van der Waals surface area (Å²) in [4.78, 5) is 25.9. The van der Waals surface area contributed by atoms with Crippen LogP contribution in [0.4, 0.5) is 24.0 Å². The van der Waals surface area contributed by atoms with Crippen LogP contribution in [0.1, 0.15) is 44.1 Å². The van der Waals surface area contributed by atoms with Gasteiger partial charge in [-0.15, -0.1) is 11.3 Å². The van der Waals surface area contributed by atoms with E-state index in [-0.39, 0.29) is 67.4 Å². The average Bonchev–Trinajstić information content (AvgIpc) is 3.62. The molecule has 3 fully saturated rings. The Morgan fingerprint density at radius 1 is 1.23 bits per heavy atom. The molecule has 2 N–H and O–H groups in total. The summed E-state index contributed by atoms with van der Waals surface area (Å²) in [5.41, 5.74) is 5.61. The van der Waals surface area contributed by atoms with Gasteiger partial charge in [-0.25, -0.2) is 13.2 Å². The molecule has 0 bridgehead atoms. The standard InChI is InChI=1S/C33H32ClF3N6O3S/c1-45-31(44)17-5-2-3-9-42(14-17)30-20-11-22(34)25(19-6-7-23(36)28-24(19)21(13-38)29(39)47-28)26(37)27(20)40-32(41-30)46-16-33-8-4-10-43(33)15-18(35)12-33/h6-7,11,17-18H,2-5,8-10,12,14-16,39H2,1H3/t17?,18-,33+/m1/s1. The first kappa shape index (κ1) is 31.7. The van der Waals surface area contributed by atoms with Crippen molar-refractivity contribution in [2.45, 2.75) is 50.2 Å². The number of hydrogen-bond acceptors (Lipinski definition) is 10. The van der Waals surface area contributed by atoms with E-state index in [1.54, 1.807) is 6.07 Å². The fourth-order valence-electron chi connectivity index (χ4n) is 7.56. The molecule has 246 valence electrons. The number of alkyl halides is 1. The van der Waals surface area contributed by atoms with Crippen LogP contribution in [0, 0.1) is 28.9 Å². The lowest BCUT2D eigenvalue weighted by Crippen LogP contribution is -2.43. The Morgan fingerprint density at radius 3 is 2.85 bits per heavy atom. The maximum Gasteiger partial charge on any atom is 0.319 e. The maximum absolute atomic E-state index is 17.0. The van der Waals surface area contributed by atoms with E-state index in [9.17, 15) is 18.8 Å². The normalized spacial score (nSPS) is 23.2. The van der Waals surface area contributed by atoms with Gasteiger partial charge in [-0.05, 0) is 49.9 Å². The first-order valence-corrected chi connectivity index (χ1v) is 16.8. The van der Waals surface area contributed by atoms with Gasteiger partial charge in [0.05, 0.1) is 33.9 Å². The van der Waals surface area contributed by atoms with E-state index in [0.717, 1.165) is 43.6 Å². The molecule has 5 heterocycles. The lowest BCUT2D eigenvalue weighted by Gasteiger charge is -2.31. The third-order valence-corrected chi connectivity index (χ3v) is 11.1. The molecule has 0 amide bonds. The number of aromatic nitrogens is 2. The second-order valence-corrected chi connectivity index (χ2v) is 14.0. The molecular weight excluding hydrogens is 653 g/mol. The maximum atomic E-state index is 17.0. The zero-order valence-corrected chi connectivity index (χ0v) is 27.2. The minimum absolute atomic E-state index is 0.00476. The van der Waals surface area contributed by atoms with Crippen LogP contribution in [0.2, 0.25) is 5.02 Å². The Labute approximate surface area is 278 Å². The van der Waals surface area contributed by atoms with Crippen molar-refractivity contribution in [1.29, 1.82) is 5.26 Å². The van der Waals surface area contributed by atoms with Crippen LogP contribution in [0.3, 0.4) is 0 Å². The van der Waals surface area contributed by atoms with E-state index in [1.165, 1.54) is 19.2 Å². The first-order valence-electron chi connectivity index (χ1n) is 15.6. The number of methoxy groups -OCH3 is 1. The molecule has 7 rings (SSSR count). The quantitative estimate of drug-likeness (QED) is 0.223. The number of thiophene rings is 1. The number of esters is 1. The van der Waals surface area contributed by atoms with Gasteiger partial charge in [-0.3, -0.25) is 9.69 Å². The van der Waals surface area contributed by atoms with Gasteiger partial charge in [0.15, 0.2) is 5.82 Å². The van der Waals surface area contributed by atoms with Crippen LogP contribution in [0.25, 0.3) is 32.1 Å². The van der Waals surface area contributed by atoms with Crippen molar-refractivity contribution in [3.05, 3.63) is 40.4 Å². The van der Waals surface area contributed by atoms with Crippen molar-refractivity contribution < 1.29 is 27.4 Å². The molecule has 14 heteroatoms. The number of carbonyl (C=O) groups is 1. The number of benzene rings is 2. The number of fused-ring (bicyclic) bond motifs is 3. The molecular formula is C33H32ClF3N6O3S. The molecule has 47 heavy (non-hydrogen) atoms. The van der Waals surface area contributed by atoms with Crippen molar-refractivity contribution in [1.82, 2.24) is 14.9 Å². The van der Waals surface area contributed by atoms with Gasteiger partial charge in [0.2, 0.25) is 0 Å². The first-order chi connectivity index (χ1) is 22.6. The molecule has 0 aliphatic carbocycles. The molecule has 3 aliphatic heterocycles. The monoisotopic (exact) mass is 684 g/mol. The van der Waals surface area contributed by atoms with Gasteiger partial charge in [0.1, 0.15) is 41.0 Å². The van der Waals surface area contributed by atoms with Crippen LogP contribution in [-0.4, -0.2) is 72.4 Å². The lowest BCUT2D eigenvalue weighted by molar-refractivity contribution is -0.145. The summed E-state index contributed by atoms with van der Waals surface area (Å²) in [6, 6.07) is 6.03. The summed E-state index contributed by atoms with van der Waals surface area (Å²) in [6.07, 6.45) is 3.23. The number of nitrogens with two attached hydrogens (primary N) is 1. The Morgan fingerprint density at radius 2 is 2.06 bits per heavy atom. The number of nitrogen functional groups attached to an aromatic ring is 1. The summed E-state index contributed by atoms with van der Waals surface area (Å²) in [6.45, 7) is 2.05. The number of carbonyl (C=O) groups excluding carboxylic acids is 1. The fraction of sp³-hybridized carbons (Fsp3) is 0.455. The van der Waals surface area contributed by atoms with Crippen molar-refractivity contribution in [2.24, 2.45) is 5.92 Å². The molecule has 0 spiro atoms. The van der Waals surface area contributed by atoms with Crippen LogP contribution < -0.4 is 15.4 Å². The Balaban J connectivity index is 1.40. The summed E-state index contributed by atoms with van der Waals surface area (Å²) in [5.74, 6) is -1.84. The molecule has 3 atom stereocenters. The third kappa shape index (κ3) is 5.40. The lowest BCUT2D eigenvalue weighted by atomic mass is 9.95. The van der Waals surface area contributed by atoms with E-state index in [4.69, 9.17) is 31.8 Å². The molecule has 1 unspecified atom stereocenters. The second kappa shape index (κ2) is 12.3. The van der Waals surface area contributed by atoms with E-state index < -0.39 is 29.3 Å². The van der Waals surface area contributed by atoms with Crippen molar-refractivity contribution in [3.8, 4) is 23.2 Å². The van der Waals surface area contributed by atoms with Crippen LogP contribution in [-0.2, 0) is 9.53 Å². The van der Waals surface area contributed by atoms with Gasteiger partial charge in [0, 0.05) is 42.4 Å². The average molecular weight is 685 g/mol. The molecule has 0 radical (unpaired) electrons. The molecule has 3 saturated heterocycles. The molecule has 2 aromatic carbocycles. The highest BCUT2D eigenvalue weighted by Crippen LogP contribution is 2.46. The molecule has 2 aromatic heterocycles. The van der Waals surface area contributed by atoms with E-state index in [2.05, 4.69) is 9.88 Å². The topological polar surface area (TPSA) is 118 Å². The summed E-state index contributed by atoms with van der Waals surface area (Å²) in [5, 5.41) is 10.4. The van der Waals surface area contributed by atoms with Gasteiger partial charge < -0.3 is 20.1 Å². The van der Waals surface area contributed by atoms with E-state index in [1.807, 2.05) is 11.0 Å². The van der Waals surface area contributed by atoms with E-state index >= 15 is 4.39 Å². The number of hydrogen-bond donors (Lipinski definition) is 1. The summed E-state index contributed by atoms with van der Waals surface area (Å²) in [7, 11) is 1.35. The van der Waals surface area contributed by atoms with Crippen LogP contribution in [0.15, 0.2) is 18.2 Å². The third-order valence-electron chi connectivity index (χ3n) is 9.78. The van der Waals surface area contributed by atoms with Gasteiger partial charge in [-0.2, -0.15) is 15.2 Å².